The SMILES string of the molecule is CC1(C)c2cccc(n2)-c2cc(F)nc(F)c2Nc2cc(C(F)(F)F)nn2-c2cccc1n2. The molecule has 0 aromatic carbocycles. The van der Waals surface area contributed by atoms with E-state index >= 15 is 0 Å². The molecule has 1 aliphatic rings. The summed E-state index contributed by atoms with van der Waals surface area (Å²) in [5.41, 5.74) is -1.06. The van der Waals surface area contributed by atoms with Crippen molar-refractivity contribution in [2.45, 2.75) is 25.4 Å². The van der Waals surface area contributed by atoms with E-state index in [9.17, 15) is 22.0 Å². The van der Waals surface area contributed by atoms with E-state index in [1.165, 1.54) is 6.07 Å². The van der Waals surface area contributed by atoms with Crippen molar-refractivity contribution in [2.75, 3.05) is 5.32 Å². The maximum atomic E-state index is 14.8. The van der Waals surface area contributed by atoms with Crippen LogP contribution in [0.1, 0.15) is 30.9 Å². The third kappa shape index (κ3) is 3.49. The van der Waals surface area contributed by atoms with Gasteiger partial charge in [-0.05, 0) is 38.1 Å². The van der Waals surface area contributed by atoms with Crippen molar-refractivity contribution < 1.29 is 22.0 Å². The molecule has 0 aliphatic carbocycles. The number of hydrogen-bond acceptors (Lipinski definition) is 5. The molecule has 0 atom stereocenters. The summed E-state index contributed by atoms with van der Waals surface area (Å²) in [5, 5.41) is 6.26. The van der Waals surface area contributed by atoms with Crippen LogP contribution in [0.15, 0.2) is 48.5 Å². The quantitative estimate of drug-likeness (QED) is 0.282. The monoisotopic (exact) mass is 458 g/mol. The Morgan fingerprint density at radius 3 is 2.33 bits per heavy atom. The number of rotatable bonds is 0. The van der Waals surface area contributed by atoms with Gasteiger partial charge in [0.1, 0.15) is 11.5 Å². The van der Waals surface area contributed by atoms with Crippen molar-refractivity contribution in [1.29, 1.82) is 0 Å². The number of alkyl halides is 3. The lowest BCUT2D eigenvalue weighted by molar-refractivity contribution is -0.141. The number of nitrogens with zero attached hydrogens (tertiary/aromatic N) is 5. The van der Waals surface area contributed by atoms with Crippen molar-refractivity contribution in [3.63, 3.8) is 0 Å². The summed E-state index contributed by atoms with van der Waals surface area (Å²) in [5.74, 6) is -2.48. The number of pyridine rings is 3. The number of hydrogen-bond donors (Lipinski definition) is 1. The molecule has 0 saturated heterocycles. The molecular weight excluding hydrogens is 443 g/mol. The molecule has 6 nitrogen and oxygen atoms in total. The fraction of sp³-hybridized carbons (Fsp3) is 0.182. The maximum absolute atomic E-state index is 14.8. The molecule has 4 bridgehead atoms. The van der Waals surface area contributed by atoms with Gasteiger partial charge in [-0.15, -0.1) is 0 Å². The zero-order chi connectivity index (χ0) is 23.5. The van der Waals surface area contributed by atoms with Gasteiger partial charge in [0.05, 0.1) is 17.1 Å². The third-order valence-electron chi connectivity index (χ3n) is 5.45. The van der Waals surface area contributed by atoms with E-state index in [1.807, 2.05) is 13.8 Å². The Morgan fingerprint density at radius 2 is 1.61 bits per heavy atom. The second-order valence-electron chi connectivity index (χ2n) is 8.02. The normalized spacial score (nSPS) is 14.4. The van der Waals surface area contributed by atoms with Crippen LogP contribution >= 0.6 is 0 Å². The second-order valence-corrected chi connectivity index (χ2v) is 8.02. The van der Waals surface area contributed by atoms with Crippen LogP contribution in [-0.4, -0.2) is 24.7 Å². The minimum Gasteiger partial charge on any atom is -0.336 e. The number of anilines is 2. The molecule has 0 fully saturated rings. The van der Waals surface area contributed by atoms with Gasteiger partial charge in [-0.2, -0.15) is 36.7 Å². The van der Waals surface area contributed by atoms with E-state index in [4.69, 9.17) is 0 Å². The smallest absolute Gasteiger partial charge is 0.336 e. The first-order valence-electron chi connectivity index (χ1n) is 9.80. The Balaban J connectivity index is 1.87. The van der Waals surface area contributed by atoms with Gasteiger partial charge in [-0.25, -0.2) is 4.98 Å². The van der Waals surface area contributed by atoms with E-state index in [1.54, 1.807) is 30.3 Å². The van der Waals surface area contributed by atoms with Gasteiger partial charge in [-0.1, -0.05) is 12.1 Å². The lowest BCUT2D eigenvalue weighted by Gasteiger charge is -2.25. The number of nitrogens with one attached hydrogen (secondary N) is 1. The van der Waals surface area contributed by atoms with Crippen LogP contribution in [0.3, 0.4) is 0 Å². The molecule has 5 rings (SSSR count). The van der Waals surface area contributed by atoms with Crippen molar-refractivity contribution >= 4 is 11.5 Å². The van der Waals surface area contributed by atoms with Crippen LogP contribution in [0.2, 0.25) is 0 Å². The summed E-state index contributed by atoms with van der Waals surface area (Å²) < 4.78 is 70.2. The molecule has 5 heterocycles. The van der Waals surface area contributed by atoms with Gasteiger partial charge < -0.3 is 5.32 Å². The molecule has 0 saturated carbocycles. The Hall–Kier alpha value is -3.89. The highest BCUT2D eigenvalue weighted by atomic mass is 19.4. The number of fused-ring (bicyclic) bond motifs is 8. The fourth-order valence-electron chi connectivity index (χ4n) is 3.67. The summed E-state index contributed by atoms with van der Waals surface area (Å²) in [6, 6.07) is 11.5. The van der Waals surface area contributed by atoms with Crippen molar-refractivity contribution in [3.05, 3.63) is 77.5 Å². The minimum atomic E-state index is -4.76. The average molecular weight is 458 g/mol. The standard InChI is InChI=1S/C22H15F5N6/c1-21(2)13-6-3-5-12(28-13)11-9-16(23)30-20(24)19(11)31-18-10-15(22(25,26)27)32-33(18)17-8-4-7-14(21)29-17/h3-10,31H,1-2H3. The Labute approximate surface area is 184 Å². The molecule has 1 aliphatic heterocycles. The van der Waals surface area contributed by atoms with Crippen LogP contribution in [0, 0.1) is 11.9 Å². The van der Waals surface area contributed by atoms with Gasteiger partial charge in [-0.3, -0.25) is 4.98 Å². The largest absolute Gasteiger partial charge is 0.435 e. The van der Waals surface area contributed by atoms with Gasteiger partial charge in [0.15, 0.2) is 11.5 Å². The molecule has 1 N–H and O–H groups in total. The number of aromatic nitrogens is 5. The topological polar surface area (TPSA) is 68.5 Å². The molecule has 0 spiro atoms. The highest BCUT2D eigenvalue weighted by Gasteiger charge is 2.36. The Kier molecular flexibility index (Phi) is 4.49. The molecule has 4 aromatic heterocycles. The summed E-state index contributed by atoms with van der Waals surface area (Å²) >= 11 is 0. The first-order chi connectivity index (χ1) is 15.5. The molecule has 0 radical (unpaired) electrons. The molecule has 4 aromatic rings. The van der Waals surface area contributed by atoms with Gasteiger partial charge in [0, 0.05) is 23.1 Å². The molecular formula is C22H15F5N6. The summed E-state index contributed by atoms with van der Waals surface area (Å²) in [4.78, 5) is 12.3. The summed E-state index contributed by atoms with van der Waals surface area (Å²) in [6.07, 6.45) is -4.76. The van der Waals surface area contributed by atoms with Crippen LogP contribution in [-0.2, 0) is 11.6 Å². The fourth-order valence-corrected chi connectivity index (χ4v) is 3.67. The van der Waals surface area contributed by atoms with Gasteiger partial charge in [0.25, 0.3) is 0 Å². The third-order valence-corrected chi connectivity index (χ3v) is 5.45. The first kappa shape index (κ1) is 21.0. The molecule has 0 unspecified atom stereocenters. The molecule has 168 valence electrons. The Bertz CT molecular complexity index is 1390. The second kappa shape index (κ2) is 7.06. The minimum absolute atomic E-state index is 0.00356. The van der Waals surface area contributed by atoms with E-state index < -0.39 is 29.2 Å². The average Bonchev–Trinajstić information content (AvgIpc) is 3.19. The van der Waals surface area contributed by atoms with E-state index in [2.05, 4.69) is 25.4 Å². The lowest BCUT2D eigenvalue weighted by Crippen LogP contribution is -2.23. The first-order valence-corrected chi connectivity index (χ1v) is 9.80. The van der Waals surface area contributed by atoms with Crippen molar-refractivity contribution in [2.24, 2.45) is 0 Å². The predicted molar refractivity (Wildman–Crippen MR) is 109 cm³/mol. The van der Waals surface area contributed by atoms with Crippen LogP contribution in [0.25, 0.3) is 17.1 Å². The molecule has 33 heavy (non-hydrogen) atoms. The van der Waals surface area contributed by atoms with Crippen molar-refractivity contribution in [3.8, 4) is 17.1 Å². The van der Waals surface area contributed by atoms with Crippen LogP contribution < -0.4 is 5.32 Å². The van der Waals surface area contributed by atoms with E-state index in [-0.39, 0.29) is 28.6 Å². The van der Waals surface area contributed by atoms with Crippen LogP contribution in [0.4, 0.5) is 33.5 Å². The van der Waals surface area contributed by atoms with Gasteiger partial charge in [0.2, 0.25) is 11.9 Å². The van der Waals surface area contributed by atoms with Crippen LogP contribution in [0.5, 0.6) is 0 Å². The zero-order valence-corrected chi connectivity index (χ0v) is 17.2. The molecule has 11 heteroatoms. The number of halogens is 5. The van der Waals surface area contributed by atoms with Crippen molar-refractivity contribution in [1.82, 2.24) is 24.7 Å². The Morgan fingerprint density at radius 1 is 0.909 bits per heavy atom. The highest BCUT2D eigenvalue weighted by Crippen LogP contribution is 2.38. The maximum Gasteiger partial charge on any atom is 0.435 e. The molecule has 0 amide bonds. The van der Waals surface area contributed by atoms with E-state index in [0.717, 1.165) is 16.8 Å². The van der Waals surface area contributed by atoms with Gasteiger partial charge >= 0.3 is 6.18 Å². The predicted octanol–water partition coefficient (Wildman–Crippen LogP) is 5.40. The highest BCUT2D eigenvalue weighted by molar-refractivity contribution is 5.79. The van der Waals surface area contributed by atoms with E-state index in [0.29, 0.717) is 11.4 Å². The summed E-state index contributed by atoms with van der Waals surface area (Å²) in [7, 11) is 0. The zero-order valence-electron chi connectivity index (χ0n) is 17.2. The lowest BCUT2D eigenvalue weighted by atomic mass is 9.84. The summed E-state index contributed by atoms with van der Waals surface area (Å²) in [6.45, 7) is 3.68.